The Bertz CT molecular complexity index is 1010. The van der Waals surface area contributed by atoms with Gasteiger partial charge in [0.1, 0.15) is 5.65 Å². The first-order chi connectivity index (χ1) is 13.7. The predicted octanol–water partition coefficient (Wildman–Crippen LogP) is 4.08. The number of aromatic nitrogens is 2. The van der Waals surface area contributed by atoms with Crippen LogP contribution >= 0.6 is 0 Å². The van der Waals surface area contributed by atoms with Gasteiger partial charge in [-0.3, -0.25) is 4.90 Å². The lowest BCUT2D eigenvalue weighted by molar-refractivity contribution is 0.134. The molecule has 0 radical (unpaired) electrons. The van der Waals surface area contributed by atoms with Crippen molar-refractivity contribution in [3.8, 4) is 22.8 Å². The van der Waals surface area contributed by atoms with E-state index in [1.165, 1.54) is 31.4 Å². The number of nitrogen functional groups attached to an aromatic ring is 1. The summed E-state index contributed by atoms with van der Waals surface area (Å²) in [7, 11) is 0. The Balaban J connectivity index is 1.61. The lowest BCUT2D eigenvalue weighted by Gasteiger charge is -2.35. The van der Waals surface area contributed by atoms with Crippen molar-refractivity contribution < 1.29 is 9.47 Å². The molecule has 0 bridgehead atoms. The zero-order chi connectivity index (χ0) is 19.1. The van der Waals surface area contributed by atoms with Crippen molar-refractivity contribution >= 4 is 11.3 Å². The van der Waals surface area contributed by atoms with Crippen LogP contribution in [0.4, 0.5) is 5.69 Å². The Morgan fingerprint density at radius 1 is 1.14 bits per heavy atom. The molecule has 1 unspecified atom stereocenters. The number of imidazole rings is 1. The van der Waals surface area contributed by atoms with Crippen molar-refractivity contribution in [1.82, 2.24) is 14.3 Å². The number of benzene rings is 1. The number of rotatable bonds is 4. The third-order valence-electron chi connectivity index (χ3n) is 5.96. The highest BCUT2D eigenvalue weighted by atomic mass is 16.7. The SMILES string of the molecule is CCC1CCCCN1Cc1c(-c2ccc3c(c2)OCO3)nc2ccc(N)cn12. The van der Waals surface area contributed by atoms with Crippen LogP contribution in [0.5, 0.6) is 11.5 Å². The Morgan fingerprint density at radius 2 is 2.04 bits per heavy atom. The van der Waals surface area contributed by atoms with Crippen LogP contribution in [-0.2, 0) is 6.54 Å². The monoisotopic (exact) mass is 378 g/mol. The number of likely N-dealkylation sites (tertiary alicyclic amines) is 1. The van der Waals surface area contributed by atoms with Gasteiger partial charge in [-0.1, -0.05) is 13.3 Å². The summed E-state index contributed by atoms with van der Waals surface area (Å²) in [4.78, 5) is 7.55. The minimum absolute atomic E-state index is 0.277. The summed E-state index contributed by atoms with van der Waals surface area (Å²) in [5.74, 6) is 1.57. The van der Waals surface area contributed by atoms with Gasteiger partial charge in [-0.05, 0) is 56.1 Å². The van der Waals surface area contributed by atoms with Gasteiger partial charge in [0, 0.05) is 30.0 Å². The molecular weight excluding hydrogens is 352 g/mol. The molecule has 2 aliphatic rings. The minimum atomic E-state index is 0.277. The molecule has 0 amide bonds. The van der Waals surface area contributed by atoms with Crippen LogP contribution in [0, 0.1) is 0 Å². The first-order valence-corrected chi connectivity index (χ1v) is 10.1. The Kier molecular flexibility index (Phi) is 4.36. The molecule has 1 fully saturated rings. The van der Waals surface area contributed by atoms with Gasteiger partial charge >= 0.3 is 0 Å². The molecule has 1 aromatic carbocycles. The summed E-state index contributed by atoms with van der Waals surface area (Å²) < 4.78 is 13.2. The highest BCUT2D eigenvalue weighted by Crippen LogP contribution is 2.37. The fraction of sp³-hybridized carbons (Fsp3) is 0.409. The molecule has 2 N–H and O–H groups in total. The molecule has 0 spiro atoms. The van der Waals surface area contributed by atoms with E-state index in [1.807, 2.05) is 30.5 Å². The fourth-order valence-corrected chi connectivity index (χ4v) is 4.46. The van der Waals surface area contributed by atoms with Crippen LogP contribution < -0.4 is 15.2 Å². The molecule has 0 saturated carbocycles. The van der Waals surface area contributed by atoms with Gasteiger partial charge in [-0.2, -0.15) is 0 Å². The molecule has 6 nitrogen and oxygen atoms in total. The standard InChI is InChI=1S/C22H26N4O2/c1-2-17-5-3-4-10-25(17)13-18-22(24-21-9-7-16(23)12-26(18)21)15-6-8-19-20(11-15)28-14-27-19/h6-9,11-12,17H,2-5,10,13-14,23H2,1H3. The number of piperidine rings is 1. The molecule has 28 heavy (non-hydrogen) atoms. The van der Waals surface area contributed by atoms with Crippen molar-refractivity contribution in [2.45, 2.75) is 45.2 Å². The van der Waals surface area contributed by atoms with Crippen molar-refractivity contribution in [3.63, 3.8) is 0 Å². The third-order valence-corrected chi connectivity index (χ3v) is 5.96. The van der Waals surface area contributed by atoms with Crippen molar-refractivity contribution in [3.05, 3.63) is 42.2 Å². The van der Waals surface area contributed by atoms with Gasteiger partial charge in [0.25, 0.3) is 0 Å². The number of hydrogen-bond acceptors (Lipinski definition) is 5. The second-order valence-corrected chi connectivity index (χ2v) is 7.69. The average Bonchev–Trinajstić information content (AvgIpc) is 3.32. The molecular formula is C22H26N4O2. The van der Waals surface area contributed by atoms with Crippen LogP contribution in [0.25, 0.3) is 16.9 Å². The molecule has 2 aromatic heterocycles. The summed E-state index contributed by atoms with van der Waals surface area (Å²) in [6, 6.07) is 10.6. The Labute approximate surface area is 164 Å². The topological polar surface area (TPSA) is 65.0 Å². The molecule has 3 aromatic rings. The fourth-order valence-electron chi connectivity index (χ4n) is 4.46. The number of anilines is 1. The molecule has 1 saturated heterocycles. The predicted molar refractivity (Wildman–Crippen MR) is 110 cm³/mol. The molecule has 0 aliphatic carbocycles. The summed E-state index contributed by atoms with van der Waals surface area (Å²) in [6.07, 6.45) is 7.02. The number of hydrogen-bond donors (Lipinski definition) is 1. The minimum Gasteiger partial charge on any atom is -0.454 e. The van der Waals surface area contributed by atoms with Crippen LogP contribution in [0.2, 0.25) is 0 Å². The number of ether oxygens (including phenoxy) is 2. The van der Waals surface area contributed by atoms with E-state index in [0.29, 0.717) is 6.04 Å². The van der Waals surface area contributed by atoms with Crippen LogP contribution in [0.1, 0.15) is 38.3 Å². The third kappa shape index (κ3) is 2.98. The highest BCUT2D eigenvalue weighted by Gasteiger charge is 2.25. The molecule has 1 atom stereocenters. The van der Waals surface area contributed by atoms with E-state index in [1.54, 1.807) is 0 Å². The van der Waals surface area contributed by atoms with Crippen molar-refractivity contribution in [2.24, 2.45) is 0 Å². The molecule has 6 heteroatoms. The molecule has 2 aliphatic heterocycles. The van der Waals surface area contributed by atoms with Crippen molar-refractivity contribution in [1.29, 1.82) is 0 Å². The van der Waals surface area contributed by atoms with Gasteiger partial charge in [0.15, 0.2) is 11.5 Å². The number of pyridine rings is 1. The lowest BCUT2D eigenvalue weighted by atomic mass is 9.99. The van der Waals surface area contributed by atoms with Crippen molar-refractivity contribution in [2.75, 3.05) is 19.1 Å². The maximum Gasteiger partial charge on any atom is 0.231 e. The number of nitrogens with two attached hydrogens (primary N) is 1. The summed E-state index contributed by atoms with van der Waals surface area (Å²) in [5.41, 5.74) is 11.0. The summed E-state index contributed by atoms with van der Waals surface area (Å²) in [6.45, 7) is 4.56. The number of fused-ring (bicyclic) bond motifs is 2. The normalized spacial score (nSPS) is 19.4. The summed E-state index contributed by atoms with van der Waals surface area (Å²) in [5, 5.41) is 0. The maximum absolute atomic E-state index is 6.10. The average molecular weight is 378 g/mol. The van der Waals surface area contributed by atoms with E-state index in [9.17, 15) is 0 Å². The van der Waals surface area contributed by atoms with E-state index in [-0.39, 0.29) is 6.79 Å². The largest absolute Gasteiger partial charge is 0.454 e. The molecule has 146 valence electrons. The van der Waals surface area contributed by atoms with Crippen LogP contribution in [0.3, 0.4) is 0 Å². The summed E-state index contributed by atoms with van der Waals surface area (Å²) >= 11 is 0. The van der Waals surface area contributed by atoms with E-state index >= 15 is 0 Å². The lowest BCUT2D eigenvalue weighted by Crippen LogP contribution is -2.38. The Morgan fingerprint density at radius 3 is 2.93 bits per heavy atom. The smallest absolute Gasteiger partial charge is 0.231 e. The zero-order valence-electron chi connectivity index (χ0n) is 16.2. The van der Waals surface area contributed by atoms with E-state index in [2.05, 4.69) is 22.3 Å². The Hall–Kier alpha value is -2.73. The van der Waals surface area contributed by atoms with Crippen LogP contribution in [-0.4, -0.2) is 33.7 Å². The number of nitrogens with zero attached hydrogens (tertiary/aromatic N) is 3. The molecule has 4 heterocycles. The van der Waals surface area contributed by atoms with E-state index < -0.39 is 0 Å². The van der Waals surface area contributed by atoms with Gasteiger partial charge in [-0.15, -0.1) is 0 Å². The zero-order valence-corrected chi connectivity index (χ0v) is 16.2. The van der Waals surface area contributed by atoms with Crippen LogP contribution in [0.15, 0.2) is 36.5 Å². The van der Waals surface area contributed by atoms with E-state index in [0.717, 1.165) is 47.2 Å². The highest BCUT2D eigenvalue weighted by molar-refractivity contribution is 5.70. The van der Waals surface area contributed by atoms with Gasteiger partial charge in [0.2, 0.25) is 6.79 Å². The van der Waals surface area contributed by atoms with Gasteiger partial charge < -0.3 is 19.6 Å². The van der Waals surface area contributed by atoms with Gasteiger partial charge in [-0.25, -0.2) is 4.98 Å². The first-order valence-electron chi connectivity index (χ1n) is 10.1. The second kappa shape index (κ2) is 7.02. The quantitative estimate of drug-likeness (QED) is 0.741. The maximum atomic E-state index is 6.10. The van der Waals surface area contributed by atoms with Gasteiger partial charge in [0.05, 0.1) is 11.4 Å². The second-order valence-electron chi connectivity index (χ2n) is 7.69. The van der Waals surface area contributed by atoms with E-state index in [4.69, 9.17) is 20.2 Å². The first kappa shape index (κ1) is 17.4. The molecule has 5 rings (SSSR count).